The summed E-state index contributed by atoms with van der Waals surface area (Å²) in [5, 5.41) is 21.9. The maximum Gasteiger partial charge on any atom is 0.255 e. The van der Waals surface area contributed by atoms with Crippen molar-refractivity contribution in [2.45, 2.75) is 36.4 Å². The zero-order chi connectivity index (χ0) is 24.4. The fourth-order valence-electron chi connectivity index (χ4n) is 3.73. The molecule has 2 aromatic carbocycles. The standard InChI is InChI=1S/C22H24ClF2NO6S/c1-13(27)10-32-12-22(29)8-14(9-22)11-33(30,31)20-6-15(2-4-17(20)23)21(28)26-16-3-5-18(24)19(25)7-16/h2-7,13-14,27,29H,8-12H2,1H3,(H,26,28)/t13-,14?,22?/m0/s1. The number of aliphatic hydroxyl groups excluding tert-OH is 1. The third kappa shape index (κ3) is 6.48. The summed E-state index contributed by atoms with van der Waals surface area (Å²) in [5.74, 6) is -3.53. The first-order valence-electron chi connectivity index (χ1n) is 10.2. The lowest BCUT2D eigenvalue weighted by molar-refractivity contribution is -0.126. The number of halogens is 3. The topological polar surface area (TPSA) is 113 Å². The zero-order valence-electron chi connectivity index (χ0n) is 17.7. The molecule has 0 aromatic heterocycles. The van der Waals surface area contributed by atoms with Crippen LogP contribution in [0.3, 0.4) is 0 Å². The van der Waals surface area contributed by atoms with Crippen LogP contribution in [0.15, 0.2) is 41.3 Å². The molecule has 0 bridgehead atoms. The highest BCUT2D eigenvalue weighted by atomic mass is 35.5. The van der Waals surface area contributed by atoms with Crippen LogP contribution in [-0.2, 0) is 14.6 Å². The number of anilines is 1. The molecule has 0 aliphatic heterocycles. The Kier molecular flexibility index (Phi) is 7.75. The summed E-state index contributed by atoms with van der Waals surface area (Å²) >= 11 is 6.09. The van der Waals surface area contributed by atoms with Crippen LogP contribution in [0, 0.1) is 17.6 Å². The molecule has 33 heavy (non-hydrogen) atoms. The predicted octanol–water partition coefficient (Wildman–Crippen LogP) is 3.18. The lowest BCUT2D eigenvalue weighted by atomic mass is 9.72. The summed E-state index contributed by atoms with van der Waals surface area (Å²) in [6, 6.07) is 6.56. The van der Waals surface area contributed by atoms with Crippen molar-refractivity contribution in [1.82, 2.24) is 0 Å². The summed E-state index contributed by atoms with van der Waals surface area (Å²) < 4.78 is 57.5. The first-order valence-corrected chi connectivity index (χ1v) is 12.2. The Balaban J connectivity index is 1.67. The minimum Gasteiger partial charge on any atom is -0.391 e. The second-order valence-electron chi connectivity index (χ2n) is 8.37. The molecular formula is C22H24ClF2NO6S. The maximum atomic E-state index is 13.4. The zero-order valence-corrected chi connectivity index (χ0v) is 19.3. The molecule has 3 rings (SSSR count). The SMILES string of the molecule is C[C@H](O)COCC1(O)CC(CS(=O)(=O)c2cc(C(=O)Nc3ccc(F)c(F)c3)ccc2Cl)C1. The van der Waals surface area contributed by atoms with Crippen LogP contribution < -0.4 is 5.32 Å². The van der Waals surface area contributed by atoms with E-state index in [0.717, 1.165) is 18.2 Å². The number of carbonyl (C=O) groups is 1. The van der Waals surface area contributed by atoms with Crippen molar-refractivity contribution in [3.8, 4) is 0 Å². The first-order chi connectivity index (χ1) is 15.4. The Bertz CT molecular complexity index is 1140. The lowest BCUT2D eigenvalue weighted by Crippen LogP contribution is -2.50. The van der Waals surface area contributed by atoms with Gasteiger partial charge in [-0.05, 0) is 56.0 Å². The molecule has 1 saturated carbocycles. The van der Waals surface area contributed by atoms with Gasteiger partial charge in [0.15, 0.2) is 21.5 Å². The van der Waals surface area contributed by atoms with E-state index >= 15 is 0 Å². The third-order valence-corrected chi connectivity index (χ3v) is 7.59. The summed E-state index contributed by atoms with van der Waals surface area (Å²) in [6.45, 7) is 1.62. The molecule has 7 nitrogen and oxygen atoms in total. The van der Waals surface area contributed by atoms with Crippen molar-refractivity contribution < 1.29 is 36.9 Å². The van der Waals surface area contributed by atoms with Crippen LogP contribution in [0.2, 0.25) is 5.02 Å². The van der Waals surface area contributed by atoms with Crippen molar-refractivity contribution in [3.05, 3.63) is 58.6 Å². The van der Waals surface area contributed by atoms with E-state index in [0.29, 0.717) is 0 Å². The van der Waals surface area contributed by atoms with Gasteiger partial charge in [-0.25, -0.2) is 17.2 Å². The van der Waals surface area contributed by atoms with Crippen molar-refractivity contribution >= 4 is 33.0 Å². The summed E-state index contributed by atoms with van der Waals surface area (Å²) in [7, 11) is -3.89. The van der Waals surface area contributed by atoms with Crippen molar-refractivity contribution in [2.75, 3.05) is 24.3 Å². The first kappa shape index (κ1) is 25.5. The van der Waals surface area contributed by atoms with E-state index in [4.69, 9.17) is 16.3 Å². The fourth-order valence-corrected chi connectivity index (χ4v) is 5.91. The van der Waals surface area contributed by atoms with Crippen LogP contribution in [0.1, 0.15) is 30.1 Å². The summed E-state index contributed by atoms with van der Waals surface area (Å²) in [6.07, 6.45) is -0.251. The fraction of sp³-hybridized carbons (Fsp3) is 0.409. The maximum absolute atomic E-state index is 13.4. The number of carbonyl (C=O) groups excluding carboxylic acids is 1. The van der Waals surface area contributed by atoms with Crippen molar-refractivity contribution in [1.29, 1.82) is 0 Å². The highest BCUT2D eigenvalue weighted by Crippen LogP contribution is 2.40. The Morgan fingerprint density at radius 1 is 1.24 bits per heavy atom. The predicted molar refractivity (Wildman–Crippen MR) is 118 cm³/mol. The van der Waals surface area contributed by atoms with Crippen LogP contribution in [0.25, 0.3) is 0 Å². The quantitative estimate of drug-likeness (QED) is 0.484. The van der Waals surface area contributed by atoms with E-state index in [1.165, 1.54) is 18.2 Å². The Hall–Kier alpha value is -2.11. The molecule has 3 N–H and O–H groups in total. The normalized spacial score (nSPS) is 21.3. The smallest absolute Gasteiger partial charge is 0.255 e. The van der Waals surface area contributed by atoms with Crippen molar-refractivity contribution in [2.24, 2.45) is 5.92 Å². The molecule has 1 fully saturated rings. The summed E-state index contributed by atoms with van der Waals surface area (Å²) in [4.78, 5) is 12.3. The van der Waals surface area contributed by atoms with Gasteiger partial charge >= 0.3 is 0 Å². The highest BCUT2D eigenvalue weighted by Gasteiger charge is 2.45. The molecule has 0 unspecified atom stereocenters. The van der Waals surface area contributed by atoms with Gasteiger partial charge in [0.05, 0.1) is 40.6 Å². The van der Waals surface area contributed by atoms with Crippen molar-refractivity contribution in [3.63, 3.8) is 0 Å². The molecule has 0 heterocycles. The van der Waals surface area contributed by atoms with Gasteiger partial charge in [-0.3, -0.25) is 4.79 Å². The number of hydrogen-bond acceptors (Lipinski definition) is 6. The van der Waals surface area contributed by atoms with Gasteiger partial charge < -0.3 is 20.3 Å². The van der Waals surface area contributed by atoms with E-state index in [1.54, 1.807) is 6.92 Å². The number of rotatable bonds is 9. The average Bonchev–Trinajstić information content (AvgIpc) is 2.69. The number of hydrogen-bond donors (Lipinski definition) is 3. The second-order valence-corrected chi connectivity index (χ2v) is 10.8. The number of nitrogens with one attached hydrogen (secondary N) is 1. The van der Waals surface area contributed by atoms with Crippen LogP contribution in [-0.4, -0.2) is 55.2 Å². The van der Waals surface area contributed by atoms with Crippen LogP contribution in [0.4, 0.5) is 14.5 Å². The largest absolute Gasteiger partial charge is 0.391 e. The number of amides is 1. The lowest BCUT2D eigenvalue weighted by Gasteiger charge is -2.43. The summed E-state index contributed by atoms with van der Waals surface area (Å²) in [5.41, 5.74) is -1.17. The minimum absolute atomic E-state index is 0.00446. The number of benzene rings is 2. The minimum atomic E-state index is -3.89. The monoisotopic (exact) mass is 503 g/mol. The van der Waals surface area contributed by atoms with Gasteiger partial charge in [-0.15, -0.1) is 0 Å². The van der Waals surface area contributed by atoms with E-state index in [9.17, 15) is 32.2 Å². The highest BCUT2D eigenvalue weighted by molar-refractivity contribution is 7.91. The molecule has 0 saturated heterocycles. The van der Waals surface area contributed by atoms with Gasteiger partial charge in [-0.1, -0.05) is 11.6 Å². The molecule has 1 atom stereocenters. The number of sulfone groups is 1. The molecule has 1 aliphatic rings. The molecule has 0 radical (unpaired) electrons. The Morgan fingerprint density at radius 2 is 1.94 bits per heavy atom. The van der Waals surface area contributed by atoms with E-state index in [1.807, 2.05) is 0 Å². The van der Waals surface area contributed by atoms with Gasteiger partial charge in [0.25, 0.3) is 5.91 Å². The molecular weight excluding hydrogens is 480 g/mol. The number of aliphatic hydroxyl groups is 2. The molecule has 180 valence electrons. The Labute approximate surface area is 195 Å². The van der Waals surface area contributed by atoms with E-state index in [2.05, 4.69) is 5.32 Å². The molecule has 2 aromatic rings. The average molecular weight is 504 g/mol. The molecule has 0 spiro atoms. The van der Waals surface area contributed by atoms with Gasteiger partial charge in [0.2, 0.25) is 0 Å². The number of ether oxygens (including phenoxy) is 1. The van der Waals surface area contributed by atoms with Crippen LogP contribution >= 0.6 is 11.6 Å². The van der Waals surface area contributed by atoms with Gasteiger partial charge in [0, 0.05) is 17.3 Å². The molecule has 11 heteroatoms. The van der Waals surface area contributed by atoms with Gasteiger partial charge in [-0.2, -0.15) is 0 Å². The second kappa shape index (κ2) is 10.0. The molecule has 1 amide bonds. The van der Waals surface area contributed by atoms with Gasteiger partial charge in [0.1, 0.15) is 0 Å². The molecule has 1 aliphatic carbocycles. The third-order valence-electron chi connectivity index (χ3n) is 5.23. The van der Waals surface area contributed by atoms with Crippen LogP contribution in [0.5, 0.6) is 0 Å². The van der Waals surface area contributed by atoms with E-state index < -0.39 is 39.1 Å². The van der Waals surface area contributed by atoms with E-state index in [-0.39, 0.29) is 58.9 Å². The Morgan fingerprint density at radius 3 is 2.58 bits per heavy atom.